The molecule has 1 radical (unpaired) electrons. The normalized spacial score (nSPS) is 9.40. The van der Waals surface area contributed by atoms with Crippen molar-refractivity contribution < 1.29 is 4.79 Å². The number of benzene rings is 1. The SMILES string of the molecule is CC(=O)c1c[c]c(Cl)cc1. The number of hydrogen-bond acceptors (Lipinski definition) is 1. The molecule has 2 heteroatoms. The molecule has 0 amide bonds. The van der Waals surface area contributed by atoms with Crippen LogP contribution in [0.2, 0.25) is 5.02 Å². The number of hydrogen-bond donors (Lipinski definition) is 0. The predicted molar refractivity (Wildman–Crippen MR) is 40.3 cm³/mol. The molecule has 0 bridgehead atoms. The predicted octanol–water partition coefficient (Wildman–Crippen LogP) is 2.34. The minimum atomic E-state index is 0.0351. The van der Waals surface area contributed by atoms with E-state index >= 15 is 0 Å². The van der Waals surface area contributed by atoms with E-state index in [1.165, 1.54) is 6.92 Å². The molecule has 0 aliphatic heterocycles. The highest BCUT2D eigenvalue weighted by Gasteiger charge is 1.96. The molecule has 0 atom stereocenters. The molecule has 0 spiro atoms. The minimum absolute atomic E-state index is 0.0351. The van der Waals surface area contributed by atoms with Crippen molar-refractivity contribution in [2.75, 3.05) is 0 Å². The number of Topliss-reactive ketones (excluding diaryl/α,β-unsaturated/α-hetero) is 1. The Morgan fingerprint density at radius 3 is 2.70 bits per heavy atom. The zero-order valence-electron chi connectivity index (χ0n) is 5.52. The van der Waals surface area contributed by atoms with Gasteiger partial charge in [0.05, 0.1) is 0 Å². The van der Waals surface area contributed by atoms with Crippen LogP contribution >= 0.6 is 11.6 Å². The molecule has 10 heavy (non-hydrogen) atoms. The Hall–Kier alpha value is -0.820. The average Bonchev–Trinajstić information content (AvgIpc) is 1.88. The highest BCUT2D eigenvalue weighted by molar-refractivity contribution is 6.30. The highest BCUT2D eigenvalue weighted by Crippen LogP contribution is 2.08. The first kappa shape index (κ1) is 7.29. The van der Waals surface area contributed by atoms with Crippen LogP contribution in [0.3, 0.4) is 0 Å². The van der Waals surface area contributed by atoms with Crippen LogP contribution in [0, 0.1) is 6.07 Å². The fourth-order valence-corrected chi connectivity index (χ4v) is 0.742. The van der Waals surface area contributed by atoms with Crippen molar-refractivity contribution in [2.24, 2.45) is 0 Å². The van der Waals surface area contributed by atoms with E-state index in [0.29, 0.717) is 10.6 Å². The van der Waals surface area contributed by atoms with Crippen molar-refractivity contribution in [3.63, 3.8) is 0 Å². The molecule has 0 unspecified atom stereocenters. The number of carbonyl (C=O) groups is 1. The van der Waals surface area contributed by atoms with Gasteiger partial charge in [0.1, 0.15) is 0 Å². The summed E-state index contributed by atoms with van der Waals surface area (Å²) in [5.41, 5.74) is 0.643. The Kier molecular flexibility index (Phi) is 2.07. The third-order valence-electron chi connectivity index (χ3n) is 1.18. The van der Waals surface area contributed by atoms with Crippen molar-refractivity contribution in [1.29, 1.82) is 0 Å². The smallest absolute Gasteiger partial charge is 0.159 e. The third kappa shape index (κ3) is 1.58. The maximum absolute atomic E-state index is 10.7. The summed E-state index contributed by atoms with van der Waals surface area (Å²) in [7, 11) is 0. The standard InChI is InChI=1S/C8H6ClO/c1-6(10)7-2-4-8(9)5-3-7/h2-4H,1H3. The van der Waals surface area contributed by atoms with Crippen molar-refractivity contribution in [1.82, 2.24) is 0 Å². The van der Waals surface area contributed by atoms with Gasteiger partial charge in [0.25, 0.3) is 0 Å². The van der Waals surface area contributed by atoms with E-state index in [9.17, 15) is 4.79 Å². The van der Waals surface area contributed by atoms with E-state index in [1.54, 1.807) is 18.2 Å². The van der Waals surface area contributed by atoms with E-state index < -0.39 is 0 Å². The lowest BCUT2D eigenvalue weighted by Crippen LogP contribution is -1.89. The third-order valence-corrected chi connectivity index (χ3v) is 1.42. The largest absolute Gasteiger partial charge is 0.295 e. The van der Waals surface area contributed by atoms with Crippen molar-refractivity contribution in [2.45, 2.75) is 6.92 Å². The molecular weight excluding hydrogens is 148 g/mol. The summed E-state index contributed by atoms with van der Waals surface area (Å²) in [6.07, 6.45) is 0. The van der Waals surface area contributed by atoms with Gasteiger partial charge < -0.3 is 0 Å². The molecular formula is C8H6ClO. The Morgan fingerprint density at radius 2 is 2.30 bits per heavy atom. The van der Waals surface area contributed by atoms with Gasteiger partial charge in [0, 0.05) is 16.7 Å². The van der Waals surface area contributed by atoms with Gasteiger partial charge in [-0.3, -0.25) is 4.79 Å². The Balaban J connectivity index is 3.00. The molecule has 0 aromatic heterocycles. The summed E-state index contributed by atoms with van der Waals surface area (Å²) >= 11 is 5.55. The van der Waals surface area contributed by atoms with Crippen LogP contribution in [0.5, 0.6) is 0 Å². The van der Waals surface area contributed by atoms with Crippen LogP contribution in [0.1, 0.15) is 17.3 Å². The molecule has 0 aliphatic rings. The van der Waals surface area contributed by atoms with Crippen LogP contribution in [-0.4, -0.2) is 5.78 Å². The Bertz CT molecular complexity index is 238. The fraction of sp³-hybridized carbons (Fsp3) is 0.125. The van der Waals surface area contributed by atoms with E-state index in [4.69, 9.17) is 11.6 Å². The van der Waals surface area contributed by atoms with Gasteiger partial charge in [-0.2, -0.15) is 0 Å². The van der Waals surface area contributed by atoms with Crippen LogP contribution in [0.15, 0.2) is 18.2 Å². The number of rotatable bonds is 1. The van der Waals surface area contributed by atoms with Crippen molar-refractivity contribution in [3.8, 4) is 0 Å². The molecule has 0 saturated carbocycles. The molecule has 1 aromatic carbocycles. The van der Waals surface area contributed by atoms with E-state index in [2.05, 4.69) is 6.07 Å². The first-order chi connectivity index (χ1) is 4.70. The van der Waals surface area contributed by atoms with Gasteiger partial charge in [-0.15, -0.1) is 0 Å². The molecule has 1 aromatic rings. The van der Waals surface area contributed by atoms with Crippen LogP contribution < -0.4 is 0 Å². The van der Waals surface area contributed by atoms with Crippen LogP contribution in [-0.2, 0) is 0 Å². The molecule has 0 aliphatic carbocycles. The van der Waals surface area contributed by atoms with E-state index in [-0.39, 0.29) is 5.78 Å². The zero-order valence-corrected chi connectivity index (χ0v) is 6.27. The Labute approximate surface area is 64.6 Å². The van der Waals surface area contributed by atoms with Crippen molar-refractivity contribution in [3.05, 3.63) is 34.9 Å². The van der Waals surface area contributed by atoms with Gasteiger partial charge in [-0.05, 0) is 25.1 Å². The van der Waals surface area contributed by atoms with Crippen molar-refractivity contribution >= 4 is 17.4 Å². The first-order valence-corrected chi connectivity index (χ1v) is 3.26. The summed E-state index contributed by atoms with van der Waals surface area (Å²) in [4.78, 5) is 10.7. The van der Waals surface area contributed by atoms with Gasteiger partial charge in [-0.25, -0.2) is 0 Å². The Morgan fingerprint density at radius 1 is 1.60 bits per heavy atom. The topological polar surface area (TPSA) is 17.1 Å². The zero-order chi connectivity index (χ0) is 7.56. The fourth-order valence-electron chi connectivity index (χ4n) is 0.625. The maximum Gasteiger partial charge on any atom is 0.159 e. The summed E-state index contributed by atoms with van der Waals surface area (Å²) < 4.78 is 0. The second-order valence-corrected chi connectivity index (χ2v) is 2.39. The second-order valence-electron chi connectivity index (χ2n) is 1.98. The molecule has 1 nitrogen and oxygen atoms in total. The van der Waals surface area contributed by atoms with Gasteiger partial charge in [0.2, 0.25) is 0 Å². The summed E-state index contributed by atoms with van der Waals surface area (Å²) in [6.45, 7) is 1.51. The number of carbonyl (C=O) groups excluding carboxylic acids is 1. The first-order valence-electron chi connectivity index (χ1n) is 2.88. The quantitative estimate of drug-likeness (QED) is 0.566. The van der Waals surface area contributed by atoms with Gasteiger partial charge >= 0.3 is 0 Å². The maximum atomic E-state index is 10.7. The number of ketones is 1. The lowest BCUT2D eigenvalue weighted by molar-refractivity contribution is 0.101. The lowest BCUT2D eigenvalue weighted by atomic mass is 10.2. The van der Waals surface area contributed by atoms with Gasteiger partial charge in [-0.1, -0.05) is 11.6 Å². The summed E-state index contributed by atoms with van der Waals surface area (Å²) in [5.74, 6) is 0.0351. The summed E-state index contributed by atoms with van der Waals surface area (Å²) in [6, 6.07) is 7.65. The lowest BCUT2D eigenvalue weighted by Gasteiger charge is -1.92. The van der Waals surface area contributed by atoms with E-state index in [0.717, 1.165) is 0 Å². The molecule has 0 N–H and O–H groups in total. The van der Waals surface area contributed by atoms with Gasteiger partial charge in [0.15, 0.2) is 5.78 Å². The molecule has 0 fully saturated rings. The molecule has 51 valence electrons. The van der Waals surface area contributed by atoms with Crippen LogP contribution in [0.25, 0.3) is 0 Å². The second kappa shape index (κ2) is 2.84. The van der Waals surface area contributed by atoms with Crippen LogP contribution in [0.4, 0.5) is 0 Å². The van der Waals surface area contributed by atoms with E-state index in [1.807, 2.05) is 0 Å². The monoisotopic (exact) mass is 153 g/mol. The average molecular weight is 154 g/mol. The minimum Gasteiger partial charge on any atom is -0.295 e. The molecule has 0 saturated heterocycles. The highest BCUT2D eigenvalue weighted by atomic mass is 35.5. The summed E-state index contributed by atoms with van der Waals surface area (Å²) in [5, 5.41) is 0.532. The molecule has 0 heterocycles. The number of halogens is 1. The molecule has 1 rings (SSSR count).